The Morgan fingerprint density at radius 2 is 1.79 bits per heavy atom. The van der Waals surface area contributed by atoms with Gasteiger partial charge in [0.1, 0.15) is 11.6 Å². The number of carbonyl (C=O) groups is 1. The summed E-state index contributed by atoms with van der Waals surface area (Å²) >= 11 is 1.38. The van der Waals surface area contributed by atoms with E-state index in [-0.39, 0.29) is 17.5 Å². The van der Waals surface area contributed by atoms with Gasteiger partial charge in [0.15, 0.2) is 11.0 Å². The van der Waals surface area contributed by atoms with Crippen LogP contribution >= 0.6 is 11.8 Å². The first-order chi connectivity index (χ1) is 16.1. The normalized spacial score (nSPS) is 13.8. The molecule has 0 atom stereocenters. The zero-order chi connectivity index (χ0) is 23.2. The molecule has 1 amide bonds. The average Bonchev–Trinajstić information content (AvgIpc) is 3.26. The lowest BCUT2D eigenvalue weighted by atomic mass is 10.2. The molecule has 1 aliphatic heterocycles. The molecule has 3 aromatic rings. The van der Waals surface area contributed by atoms with E-state index in [0.717, 1.165) is 35.9 Å². The fourth-order valence-electron chi connectivity index (χ4n) is 3.73. The third-order valence-corrected chi connectivity index (χ3v) is 6.48. The highest BCUT2D eigenvalue weighted by Crippen LogP contribution is 2.26. The van der Waals surface area contributed by atoms with Crippen LogP contribution in [0.2, 0.25) is 0 Å². The van der Waals surface area contributed by atoms with Crippen molar-refractivity contribution in [3.8, 4) is 17.1 Å². The monoisotopic (exact) mass is 467 g/mol. The van der Waals surface area contributed by atoms with Crippen molar-refractivity contribution < 1.29 is 13.9 Å². The average molecular weight is 468 g/mol. The zero-order valence-electron chi connectivity index (χ0n) is 18.5. The van der Waals surface area contributed by atoms with E-state index in [4.69, 9.17) is 4.74 Å². The molecule has 0 saturated carbocycles. The van der Waals surface area contributed by atoms with Crippen LogP contribution < -0.4 is 9.64 Å². The fraction of sp³-hybridized carbons (Fsp3) is 0.292. The maximum Gasteiger partial charge on any atom is 0.233 e. The third kappa shape index (κ3) is 5.36. The summed E-state index contributed by atoms with van der Waals surface area (Å²) in [6.07, 6.45) is 1.79. The van der Waals surface area contributed by atoms with Crippen molar-refractivity contribution in [3.05, 3.63) is 67.0 Å². The van der Waals surface area contributed by atoms with E-state index in [0.29, 0.717) is 24.8 Å². The van der Waals surface area contributed by atoms with Gasteiger partial charge >= 0.3 is 0 Å². The summed E-state index contributed by atoms with van der Waals surface area (Å²) in [7, 11) is 1.63. The summed E-state index contributed by atoms with van der Waals surface area (Å²) in [4.78, 5) is 16.9. The molecule has 0 spiro atoms. The molecule has 0 N–H and O–H groups in total. The Hall–Kier alpha value is -3.33. The quantitative estimate of drug-likeness (QED) is 0.372. The number of allylic oxidation sites excluding steroid dienone is 1. The van der Waals surface area contributed by atoms with Crippen molar-refractivity contribution in [2.45, 2.75) is 11.7 Å². The molecule has 0 unspecified atom stereocenters. The van der Waals surface area contributed by atoms with Gasteiger partial charge in [0.25, 0.3) is 0 Å². The molecule has 1 aromatic heterocycles. The highest BCUT2D eigenvalue weighted by atomic mass is 32.2. The van der Waals surface area contributed by atoms with Crippen molar-refractivity contribution >= 4 is 23.4 Å². The van der Waals surface area contributed by atoms with Crippen molar-refractivity contribution in [2.24, 2.45) is 0 Å². The third-order valence-electron chi connectivity index (χ3n) is 5.53. The Morgan fingerprint density at radius 3 is 2.42 bits per heavy atom. The number of rotatable bonds is 8. The first-order valence-electron chi connectivity index (χ1n) is 10.7. The summed E-state index contributed by atoms with van der Waals surface area (Å²) in [6, 6.07) is 14.1. The Bertz CT molecular complexity index is 1090. The molecule has 33 heavy (non-hydrogen) atoms. The van der Waals surface area contributed by atoms with Crippen LogP contribution in [-0.2, 0) is 11.3 Å². The molecule has 172 valence electrons. The maximum absolute atomic E-state index is 13.2. The molecular formula is C24H26FN5O2S. The van der Waals surface area contributed by atoms with Crippen LogP contribution in [0.5, 0.6) is 5.75 Å². The van der Waals surface area contributed by atoms with E-state index in [1.807, 2.05) is 33.7 Å². The van der Waals surface area contributed by atoms with Gasteiger partial charge in [0, 0.05) is 44.0 Å². The van der Waals surface area contributed by atoms with Crippen LogP contribution in [0.25, 0.3) is 11.4 Å². The number of carbonyl (C=O) groups excluding carboxylic acids is 1. The largest absolute Gasteiger partial charge is 0.497 e. The Morgan fingerprint density at radius 1 is 1.09 bits per heavy atom. The fourth-order valence-corrected chi connectivity index (χ4v) is 4.58. The van der Waals surface area contributed by atoms with E-state index in [2.05, 4.69) is 21.7 Å². The van der Waals surface area contributed by atoms with Crippen LogP contribution in [0.3, 0.4) is 0 Å². The van der Waals surface area contributed by atoms with Crippen molar-refractivity contribution in [1.82, 2.24) is 19.7 Å². The molecule has 0 radical (unpaired) electrons. The van der Waals surface area contributed by atoms with Crippen LogP contribution in [0.1, 0.15) is 0 Å². The summed E-state index contributed by atoms with van der Waals surface area (Å²) in [5, 5.41) is 9.34. The first kappa shape index (κ1) is 22.8. The van der Waals surface area contributed by atoms with E-state index in [9.17, 15) is 9.18 Å². The van der Waals surface area contributed by atoms with Gasteiger partial charge in [-0.25, -0.2) is 4.39 Å². The number of amides is 1. The Balaban J connectivity index is 1.36. The number of benzene rings is 2. The minimum Gasteiger partial charge on any atom is -0.497 e. The van der Waals surface area contributed by atoms with Crippen molar-refractivity contribution in [3.63, 3.8) is 0 Å². The van der Waals surface area contributed by atoms with Gasteiger partial charge in [-0.2, -0.15) is 0 Å². The highest BCUT2D eigenvalue weighted by Gasteiger charge is 2.22. The standard InChI is InChI=1S/C24H26FN5O2S/c1-3-12-30-23(18-4-10-21(32-2)11-5-18)26-27-24(30)33-17-22(31)29-15-13-28(14-16-29)20-8-6-19(25)7-9-20/h3-11H,1,12-17H2,2H3. The maximum atomic E-state index is 13.2. The number of nitrogens with zero attached hydrogens (tertiary/aromatic N) is 5. The molecule has 1 aliphatic rings. The van der Waals surface area contributed by atoms with Gasteiger partial charge in [-0.15, -0.1) is 16.8 Å². The number of aromatic nitrogens is 3. The van der Waals surface area contributed by atoms with E-state index < -0.39 is 0 Å². The minimum absolute atomic E-state index is 0.0675. The second kappa shape index (κ2) is 10.5. The number of piperazine rings is 1. The molecule has 1 saturated heterocycles. The van der Waals surface area contributed by atoms with Crippen LogP contribution in [0.4, 0.5) is 10.1 Å². The van der Waals surface area contributed by atoms with Crippen molar-refractivity contribution in [1.29, 1.82) is 0 Å². The number of hydrogen-bond donors (Lipinski definition) is 0. The summed E-state index contributed by atoms with van der Waals surface area (Å²) in [5.74, 6) is 1.60. The van der Waals surface area contributed by atoms with E-state index >= 15 is 0 Å². The highest BCUT2D eigenvalue weighted by molar-refractivity contribution is 7.99. The van der Waals surface area contributed by atoms with Gasteiger partial charge in [-0.1, -0.05) is 17.8 Å². The SMILES string of the molecule is C=CCn1c(SCC(=O)N2CCN(c3ccc(F)cc3)CC2)nnc1-c1ccc(OC)cc1. The molecule has 2 aromatic carbocycles. The van der Waals surface area contributed by atoms with Crippen LogP contribution in [-0.4, -0.2) is 64.6 Å². The van der Waals surface area contributed by atoms with Gasteiger partial charge in [-0.3, -0.25) is 9.36 Å². The minimum atomic E-state index is -0.246. The smallest absolute Gasteiger partial charge is 0.233 e. The number of halogens is 1. The van der Waals surface area contributed by atoms with Crippen LogP contribution in [0, 0.1) is 5.82 Å². The zero-order valence-corrected chi connectivity index (χ0v) is 19.3. The molecule has 0 aliphatic carbocycles. The molecule has 0 bridgehead atoms. The van der Waals surface area contributed by atoms with E-state index in [1.165, 1.54) is 23.9 Å². The predicted octanol–water partition coefficient (Wildman–Crippen LogP) is 3.72. The number of ether oxygens (including phenoxy) is 1. The second-order valence-corrected chi connectivity index (χ2v) is 8.51. The molecular weight excluding hydrogens is 441 g/mol. The number of anilines is 1. The van der Waals surface area contributed by atoms with Gasteiger partial charge in [0.05, 0.1) is 12.9 Å². The number of thioether (sulfide) groups is 1. The lowest BCUT2D eigenvalue weighted by Crippen LogP contribution is -2.49. The topological polar surface area (TPSA) is 63.5 Å². The van der Waals surface area contributed by atoms with Crippen molar-refractivity contribution in [2.75, 3.05) is 43.9 Å². The summed E-state index contributed by atoms with van der Waals surface area (Å²) in [5.41, 5.74) is 1.89. The molecule has 9 heteroatoms. The lowest BCUT2D eigenvalue weighted by Gasteiger charge is -2.36. The van der Waals surface area contributed by atoms with Crippen LogP contribution in [0.15, 0.2) is 66.3 Å². The van der Waals surface area contributed by atoms with Gasteiger partial charge in [0.2, 0.25) is 5.91 Å². The summed E-state index contributed by atoms with van der Waals surface area (Å²) < 4.78 is 20.3. The van der Waals surface area contributed by atoms with E-state index in [1.54, 1.807) is 25.3 Å². The first-order valence-corrected chi connectivity index (χ1v) is 11.7. The predicted molar refractivity (Wildman–Crippen MR) is 128 cm³/mol. The van der Waals surface area contributed by atoms with Gasteiger partial charge < -0.3 is 14.5 Å². The molecule has 7 nitrogen and oxygen atoms in total. The number of methoxy groups -OCH3 is 1. The summed E-state index contributed by atoms with van der Waals surface area (Å²) in [6.45, 7) is 7.08. The molecule has 2 heterocycles. The molecule has 1 fully saturated rings. The molecule has 4 rings (SSSR count). The Labute approximate surface area is 196 Å². The second-order valence-electron chi connectivity index (χ2n) is 7.57. The lowest BCUT2D eigenvalue weighted by molar-refractivity contribution is -0.128. The Kier molecular flexibility index (Phi) is 7.29. The number of hydrogen-bond acceptors (Lipinski definition) is 6. The van der Waals surface area contributed by atoms with Gasteiger partial charge in [-0.05, 0) is 48.5 Å².